The SMILES string of the molecule is CCC(CC)(CN)Nc1cncc2nnnn12. The number of nitrogens with one attached hydrogen (secondary N) is 1. The van der Waals surface area contributed by atoms with Crippen LogP contribution in [-0.4, -0.2) is 37.1 Å². The number of nitrogens with zero attached hydrogens (tertiary/aromatic N) is 5. The van der Waals surface area contributed by atoms with E-state index in [1.807, 2.05) is 0 Å². The van der Waals surface area contributed by atoms with Crippen molar-refractivity contribution in [3.05, 3.63) is 12.4 Å². The highest BCUT2D eigenvalue weighted by molar-refractivity contribution is 5.45. The molecular formula is C10H17N7. The van der Waals surface area contributed by atoms with Crippen molar-refractivity contribution in [2.75, 3.05) is 11.9 Å². The molecule has 0 bridgehead atoms. The van der Waals surface area contributed by atoms with Gasteiger partial charge in [0.25, 0.3) is 0 Å². The number of nitrogens with two attached hydrogens (primary N) is 1. The minimum absolute atomic E-state index is 0.137. The van der Waals surface area contributed by atoms with Gasteiger partial charge in [0.05, 0.1) is 17.9 Å². The molecule has 92 valence electrons. The van der Waals surface area contributed by atoms with E-state index < -0.39 is 0 Å². The van der Waals surface area contributed by atoms with Crippen molar-refractivity contribution >= 4 is 11.5 Å². The summed E-state index contributed by atoms with van der Waals surface area (Å²) in [5.41, 5.74) is 6.33. The fourth-order valence-electron chi connectivity index (χ4n) is 1.80. The third kappa shape index (κ3) is 2.05. The van der Waals surface area contributed by atoms with Gasteiger partial charge >= 0.3 is 0 Å². The quantitative estimate of drug-likeness (QED) is 0.781. The van der Waals surface area contributed by atoms with E-state index in [4.69, 9.17) is 5.73 Å². The second-order valence-electron chi connectivity index (χ2n) is 4.06. The molecule has 0 aliphatic heterocycles. The minimum Gasteiger partial charge on any atom is -0.362 e. The lowest BCUT2D eigenvalue weighted by molar-refractivity contribution is 0.442. The number of anilines is 1. The van der Waals surface area contributed by atoms with Gasteiger partial charge in [0, 0.05) is 6.54 Å². The number of rotatable bonds is 5. The molecule has 7 heteroatoms. The zero-order valence-electron chi connectivity index (χ0n) is 10.1. The van der Waals surface area contributed by atoms with Crippen LogP contribution in [0.25, 0.3) is 5.65 Å². The van der Waals surface area contributed by atoms with Crippen LogP contribution in [0, 0.1) is 0 Å². The molecule has 2 rings (SSSR count). The Bertz CT molecular complexity index is 480. The van der Waals surface area contributed by atoms with Crippen LogP contribution in [0.4, 0.5) is 5.82 Å². The molecule has 2 aromatic rings. The molecule has 2 aromatic heterocycles. The van der Waals surface area contributed by atoms with Crippen molar-refractivity contribution in [3.8, 4) is 0 Å². The van der Waals surface area contributed by atoms with Gasteiger partial charge in [-0.05, 0) is 23.3 Å². The van der Waals surface area contributed by atoms with Crippen molar-refractivity contribution < 1.29 is 0 Å². The van der Waals surface area contributed by atoms with Gasteiger partial charge in [-0.25, -0.2) is 0 Å². The highest BCUT2D eigenvalue weighted by atomic mass is 15.5. The lowest BCUT2D eigenvalue weighted by atomic mass is 9.93. The molecule has 0 spiro atoms. The predicted molar refractivity (Wildman–Crippen MR) is 64.6 cm³/mol. The summed E-state index contributed by atoms with van der Waals surface area (Å²) in [5, 5.41) is 14.8. The Labute approximate surface area is 99.4 Å². The second kappa shape index (κ2) is 4.62. The maximum absolute atomic E-state index is 5.85. The van der Waals surface area contributed by atoms with Crippen molar-refractivity contribution in [3.63, 3.8) is 0 Å². The lowest BCUT2D eigenvalue weighted by Crippen LogP contribution is -2.44. The molecule has 17 heavy (non-hydrogen) atoms. The standard InChI is InChI=1S/C10H17N7/c1-3-10(4-2,7-11)13-8-5-12-6-9-14-15-16-17(8)9/h5-6,13H,3-4,7,11H2,1-2H3. The van der Waals surface area contributed by atoms with Crippen LogP contribution < -0.4 is 11.1 Å². The third-order valence-corrected chi connectivity index (χ3v) is 3.25. The summed E-state index contributed by atoms with van der Waals surface area (Å²) in [7, 11) is 0. The summed E-state index contributed by atoms with van der Waals surface area (Å²) in [6, 6.07) is 0. The van der Waals surface area contributed by atoms with Crippen LogP contribution in [0.15, 0.2) is 12.4 Å². The summed E-state index contributed by atoms with van der Waals surface area (Å²) < 4.78 is 1.63. The Morgan fingerprint density at radius 3 is 2.76 bits per heavy atom. The molecule has 3 N–H and O–H groups in total. The zero-order chi connectivity index (χ0) is 12.3. The van der Waals surface area contributed by atoms with E-state index in [1.165, 1.54) is 0 Å². The molecule has 0 amide bonds. The summed E-state index contributed by atoms with van der Waals surface area (Å²) in [4.78, 5) is 4.11. The molecule has 0 fully saturated rings. The maximum Gasteiger partial charge on any atom is 0.199 e. The van der Waals surface area contributed by atoms with E-state index in [-0.39, 0.29) is 5.54 Å². The number of hydrogen-bond acceptors (Lipinski definition) is 6. The Hall–Kier alpha value is -1.76. The first kappa shape index (κ1) is 11.7. The first-order chi connectivity index (χ1) is 8.24. The molecule has 0 saturated heterocycles. The number of fused-ring (bicyclic) bond motifs is 1. The number of aromatic nitrogens is 5. The largest absolute Gasteiger partial charge is 0.362 e. The average molecular weight is 235 g/mol. The van der Waals surface area contributed by atoms with Gasteiger partial charge in [-0.2, -0.15) is 4.52 Å². The van der Waals surface area contributed by atoms with Gasteiger partial charge in [0.1, 0.15) is 0 Å². The smallest absolute Gasteiger partial charge is 0.199 e. The van der Waals surface area contributed by atoms with E-state index >= 15 is 0 Å². The zero-order valence-corrected chi connectivity index (χ0v) is 10.1. The molecule has 0 unspecified atom stereocenters. The van der Waals surface area contributed by atoms with Gasteiger partial charge in [-0.15, -0.1) is 5.10 Å². The topological polar surface area (TPSA) is 94.0 Å². The molecule has 2 heterocycles. The highest BCUT2D eigenvalue weighted by Gasteiger charge is 2.25. The summed E-state index contributed by atoms with van der Waals surface area (Å²) in [6.45, 7) is 4.77. The van der Waals surface area contributed by atoms with Crippen molar-refractivity contribution in [2.24, 2.45) is 5.73 Å². The molecule has 0 aliphatic rings. The molecule has 0 atom stereocenters. The van der Waals surface area contributed by atoms with Crippen molar-refractivity contribution in [1.82, 2.24) is 25.0 Å². The number of tetrazole rings is 1. The fraction of sp³-hybridized carbons (Fsp3) is 0.600. The summed E-state index contributed by atoms with van der Waals surface area (Å²) >= 11 is 0. The molecule has 0 aliphatic carbocycles. The molecule has 7 nitrogen and oxygen atoms in total. The summed E-state index contributed by atoms with van der Waals surface area (Å²) in [5.74, 6) is 0.765. The Kier molecular flexibility index (Phi) is 3.19. The Morgan fingerprint density at radius 2 is 2.12 bits per heavy atom. The average Bonchev–Trinajstić information content (AvgIpc) is 2.85. The van der Waals surface area contributed by atoms with Crippen LogP contribution >= 0.6 is 0 Å². The Balaban J connectivity index is 2.37. The molecular weight excluding hydrogens is 218 g/mol. The van der Waals surface area contributed by atoms with E-state index in [0.29, 0.717) is 12.2 Å². The third-order valence-electron chi connectivity index (χ3n) is 3.25. The first-order valence-corrected chi connectivity index (χ1v) is 5.75. The minimum atomic E-state index is -0.137. The lowest BCUT2D eigenvalue weighted by Gasteiger charge is -2.32. The summed E-state index contributed by atoms with van der Waals surface area (Å²) in [6.07, 6.45) is 5.18. The van der Waals surface area contributed by atoms with Gasteiger partial charge < -0.3 is 11.1 Å². The van der Waals surface area contributed by atoms with Crippen LogP contribution in [-0.2, 0) is 0 Å². The first-order valence-electron chi connectivity index (χ1n) is 5.75. The monoisotopic (exact) mass is 235 g/mol. The van der Waals surface area contributed by atoms with Crippen molar-refractivity contribution in [2.45, 2.75) is 32.2 Å². The van der Waals surface area contributed by atoms with E-state index in [1.54, 1.807) is 16.9 Å². The van der Waals surface area contributed by atoms with Crippen LogP contribution in [0.1, 0.15) is 26.7 Å². The van der Waals surface area contributed by atoms with E-state index in [2.05, 4.69) is 39.7 Å². The molecule has 0 saturated carbocycles. The maximum atomic E-state index is 5.85. The van der Waals surface area contributed by atoms with Gasteiger partial charge in [-0.3, -0.25) is 4.98 Å². The van der Waals surface area contributed by atoms with Crippen LogP contribution in [0.3, 0.4) is 0 Å². The van der Waals surface area contributed by atoms with Gasteiger partial charge in [-0.1, -0.05) is 13.8 Å². The van der Waals surface area contributed by atoms with Gasteiger partial charge in [0.15, 0.2) is 11.5 Å². The predicted octanol–water partition coefficient (Wildman–Crippen LogP) is 0.449. The number of hydrogen-bond donors (Lipinski definition) is 2. The van der Waals surface area contributed by atoms with E-state index in [9.17, 15) is 0 Å². The fourth-order valence-corrected chi connectivity index (χ4v) is 1.80. The second-order valence-corrected chi connectivity index (χ2v) is 4.06. The Morgan fingerprint density at radius 1 is 1.35 bits per heavy atom. The van der Waals surface area contributed by atoms with Crippen LogP contribution in [0.5, 0.6) is 0 Å². The highest BCUT2D eigenvalue weighted by Crippen LogP contribution is 2.20. The van der Waals surface area contributed by atoms with Crippen molar-refractivity contribution in [1.29, 1.82) is 0 Å². The normalized spacial score (nSPS) is 11.9. The van der Waals surface area contributed by atoms with Gasteiger partial charge in [0.2, 0.25) is 0 Å². The molecule has 0 aromatic carbocycles. The molecule has 0 radical (unpaired) electrons. The van der Waals surface area contributed by atoms with E-state index in [0.717, 1.165) is 18.7 Å². The van der Waals surface area contributed by atoms with Crippen LogP contribution in [0.2, 0.25) is 0 Å².